The Balaban J connectivity index is 1.40. The largest absolute Gasteiger partial charge is 0.376 e. The number of thioether (sulfide) groups is 1. The predicted octanol–water partition coefficient (Wildman–Crippen LogP) is 4.12. The zero-order valence-corrected chi connectivity index (χ0v) is 20.7. The Hall–Kier alpha value is -2.49. The molecule has 1 unspecified atom stereocenters. The lowest BCUT2D eigenvalue weighted by Gasteiger charge is -2.16. The van der Waals surface area contributed by atoms with E-state index < -0.39 is 0 Å². The van der Waals surface area contributed by atoms with Crippen LogP contribution in [0.15, 0.2) is 39.1 Å². The summed E-state index contributed by atoms with van der Waals surface area (Å²) >= 11 is 3.14. The normalized spacial score (nSPS) is 18.1. The lowest BCUT2D eigenvalue weighted by molar-refractivity contribution is 0.0937. The average molecular weight is 495 g/mol. The Morgan fingerprint density at radius 2 is 2.06 bits per heavy atom. The number of fused-ring (bicyclic) bond motifs is 4. The number of hydrogen-bond donors (Lipinski definition) is 0. The van der Waals surface area contributed by atoms with Crippen molar-refractivity contribution in [1.82, 2.24) is 18.9 Å². The van der Waals surface area contributed by atoms with E-state index in [-0.39, 0.29) is 17.2 Å². The standard InChI is InChI=1S/C25H26N4O3S2/c1-15-8-9-28-20(11-15)26-16(12-21(28)30)14-33-25-27-23-22(18-6-2-3-7-19(18)34-23)24(31)29(25)13-17-5-4-10-32-17/h8-9,11-12,17H,2-7,10,13-14H2,1H3. The van der Waals surface area contributed by atoms with Gasteiger partial charge in [0, 0.05) is 29.5 Å². The zero-order valence-electron chi connectivity index (χ0n) is 19.1. The summed E-state index contributed by atoms with van der Waals surface area (Å²) in [4.78, 5) is 38.1. The molecule has 34 heavy (non-hydrogen) atoms. The first kappa shape index (κ1) is 22.0. The smallest absolute Gasteiger partial charge is 0.263 e. The molecule has 9 heteroatoms. The van der Waals surface area contributed by atoms with Crippen molar-refractivity contribution in [3.05, 3.63) is 66.8 Å². The van der Waals surface area contributed by atoms with E-state index in [0.29, 0.717) is 28.8 Å². The Kier molecular flexibility index (Phi) is 5.79. The summed E-state index contributed by atoms with van der Waals surface area (Å²) in [5.41, 5.74) is 3.52. The van der Waals surface area contributed by atoms with Crippen molar-refractivity contribution in [2.24, 2.45) is 0 Å². The molecular formula is C25H26N4O3S2. The number of rotatable bonds is 5. The fraction of sp³-hybridized carbons (Fsp3) is 0.440. The fourth-order valence-electron chi connectivity index (χ4n) is 4.95. The van der Waals surface area contributed by atoms with Crippen LogP contribution in [-0.4, -0.2) is 31.6 Å². The summed E-state index contributed by atoms with van der Waals surface area (Å²) in [6.07, 6.45) is 8.07. The fourth-order valence-corrected chi connectivity index (χ4v) is 7.15. The molecule has 4 aromatic heterocycles. The van der Waals surface area contributed by atoms with E-state index in [9.17, 15) is 9.59 Å². The Morgan fingerprint density at radius 3 is 2.91 bits per heavy atom. The third kappa shape index (κ3) is 3.99. The number of thiophene rings is 1. The van der Waals surface area contributed by atoms with Crippen molar-refractivity contribution >= 4 is 39.0 Å². The van der Waals surface area contributed by atoms with Gasteiger partial charge in [0.05, 0.1) is 23.7 Å². The highest BCUT2D eigenvalue weighted by Crippen LogP contribution is 2.35. The second-order valence-electron chi connectivity index (χ2n) is 9.14. The molecule has 0 bridgehead atoms. The quantitative estimate of drug-likeness (QED) is 0.307. The van der Waals surface area contributed by atoms with Gasteiger partial charge in [-0.1, -0.05) is 11.8 Å². The average Bonchev–Trinajstić information content (AvgIpc) is 3.47. The molecule has 1 aliphatic carbocycles. The molecular weight excluding hydrogens is 468 g/mol. The maximum atomic E-state index is 13.7. The van der Waals surface area contributed by atoms with E-state index in [0.717, 1.165) is 54.5 Å². The molecule has 0 saturated carbocycles. The minimum Gasteiger partial charge on any atom is -0.376 e. The maximum absolute atomic E-state index is 13.7. The molecule has 1 aliphatic heterocycles. The maximum Gasteiger partial charge on any atom is 0.263 e. The summed E-state index contributed by atoms with van der Waals surface area (Å²) in [6, 6.07) is 5.37. The molecule has 1 saturated heterocycles. The van der Waals surface area contributed by atoms with Gasteiger partial charge in [-0.2, -0.15) is 0 Å². The predicted molar refractivity (Wildman–Crippen MR) is 135 cm³/mol. The Morgan fingerprint density at radius 1 is 1.18 bits per heavy atom. The van der Waals surface area contributed by atoms with Gasteiger partial charge in [0.15, 0.2) is 5.16 Å². The second-order valence-corrected chi connectivity index (χ2v) is 11.2. The molecule has 0 aromatic carbocycles. The van der Waals surface area contributed by atoms with Crippen LogP contribution < -0.4 is 11.1 Å². The van der Waals surface area contributed by atoms with Crippen LogP contribution >= 0.6 is 23.1 Å². The SMILES string of the molecule is Cc1ccn2c(=O)cc(CSc3nc4sc5c(c4c(=O)n3CC3CCCO3)CCCC5)nc2c1. The summed E-state index contributed by atoms with van der Waals surface area (Å²) in [5, 5.41) is 1.48. The van der Waals surface area contributed by atoms with Crippen molar-refractivity contribution in [1.29, 1.82) is 0 Å². The van der Waals surface area contributed by atoms with Crippen LogP contribution in [0.4, 0.5) is 0 Å². The van der Waals surface area contributed by atoms with Crippen molar-refractivity contribution < 1.29 is 4.74 Å². The molecule has 0 spiro atoms. The van der Waals surface area contributed by atoms with Gasteiger partial charge in [-0.3, -0.25) is 18.6 Å². The first-order valence-corrected chi connectivity index (χ1v) is 13.7. The van der Waals surface area contributed by atoms with Gasteiger partial charge in [0.25, 0.3) is 11.1 Å². The van der Waals surface area contributed by atoms with Gasteiger partial charge in [-0.05, 0) is 68.7 Å². The lowest BCUT2D eigenvalue weighted by atomic mass is 9.97. The summed E-state index contributed by atoms with van der Waals surface area (Å²) in [7, 11) is 0. The van der Waals surface area contributed by atoms with Gasteiger partial charge >= 0.3 is 0 Å². The highest BCUT2D eigenvalue weighted by molar-refractivity contribution is 7.98. The van der Waals surface area contributed by atoms with Crippen LogP contribution in [0.3, 0.4) is 0 Å². The van der Waals surface area contributed by atoms with E-state index >= 15 is 0 Å². The van der Waals surface area contributed by atoms with E-state index in [1.165, 1.54) is 28.6 Å². The van der Waals surface area contributed by atoms with Gasteiger partial charge in [-0.15, -0.1) is 11.3 Å². The molecule has 5 heterocycles. The summed E-state index contributed by atoms with van der Waals surface area (Å²) in [6.45, 7) is 3.24. The number of pyridine rings is 1. The van der Waals surface area contributed by atoms with Crippen LogP contribution in [-0.2, 0) is 29.9 Å². The van der Waals surface area contributed by atoms with Crippen LogP contribution in [0.2, 0.25) is 0 Å². The van der Waals surface area contributed by atoms with E-state index in [4.69, 9.17) is 9.72 Å². The molecule has 4 aromatic rings. The number of hydrogen-bond acceptors (Lipinski definition) is 7. The van der Waals surface area contributed by atoms with Crippen molar-refractivity contribution in [3.8, 4) is 0 Å². The highest BCUT2D eigenvalue weighted by atomic mass is 32.2. The third-order valence-electron chi connectivity index (χ3n) is 6.67. The van der Waals surface area contributed by atoms with E-state index in [1.807, 2.05) is 23.6 Å². The lowest BCUT2D eigenvalue weighted by Crippen LogP contribution is -2.29. The first-order chi connectivity index (χ1) is 16.6. The highest BCUT2D eigenvalue weighted by Gasteiger charge is 2.25. The van der Waals surface area contributed by atoms with Gasteiger partial charge in [-0.25, -0.2) is 9.97 Å². The molecule has 0 radical (unpaired) electrons. The van der Waals surface area contributed by atoms with Gasteiger partial charge < -0.3 is 4.74 Å². The van der Waals surface area contributed by atoms with Gasteiger partial charge in [0.1, 0.15) is 10.5 Å². The van der Waals surface area contributed by atoms with Crippen molar-refractivity contribution in [3.63, 3.8) is 0 Å². The molecule has 1 atom stereocenters. The van der Waals surface area contributed by atoms with Crippen LogP contribution in [0, 0.1) is 6.92 Å². The molecule has 0 N–H and O–H groups in total. The monoisotopic (exact) mass is 494 g/mol. The zero-order chi connectivity index (χ0) is 23.2. The molecule has 2 aliphatic rings. The van der Waals surface area contributed by atoms with Crippen molar-refractivity contribution in [2.45, 2.75) is 69.0 Å². The third-order valence-corrected chi connectivity index (χ3v) is 8.87. The van der Waals surface area contributed by atoms with E-state index in [1.54, 1.807) is 28.0 Å². The molecule has 6 rings (SSSR count). The van der Waals surface area contributed by atoms with Crippen molar-refractivity contribution in [2.75, 3.05) is 6.61 Å². The van der Waals surface area contributed by atoms with Crippen LogP contribution in [0.25, 0.3) is 15.9 Å². The minimum atomic E-state index is -0.105. The van der Waals surface area contributed by atoms with E-state index in [2.05, 4.69) is 4.98 Å². The Labute approximate surface area is 204 Å². The first-order valence-electron chi connectivity index (χ1n) is 11.9. The molecule has 0 amide bonds. The molecule has 1 fully saturated rings. The molecule has 176 valence electrons. The summed E-state index contributed by atoms with van der Waals surface area (Å²) in [5.74, 6) is 0.467. The van der Waals surface area contributed by atoms with Crippen LogP contribution in [0.1, 0.15) is 47.4 Å². The number of nitrogens with zero attached hydrogens (tertiary/aromatic N) is 4. The summed E-state index contributed by atoms with van der Waals surface area (Å²) < 4.78 is 9.22. The van der Waals surface area contributed by atoms with Gasteiger partial charge in [0.2, 0.25) is 0 Å². The topological polar surface area (TPSA) is 78.5 Å². The minimum absolute atomic E-state index is 0.0391. The number of aryl methyl sites for hydroxylation is 3. The molecule has 7 nitrogen and oxygen atoms in total. The Bertz CT molecular complexity index is 1510. The number of ether oxygens (including phenoxy) is 1. The second kappa shape index (κ2) is 8.94. The number of aromatic nitrogens is 4. The van der Waals surface area contributed by atoms with Crippen LogP contribution in [0.5, 0.6) is 0 Å².